The lowest BCUT2D eigenvalue weighted by Crippen LogP contribution is -2.29. The number of hydrogen-bond donors (Lipinski definition) is 3. The molecule has 6 nitrogen and oxygen atoms in total. The molecule has 2 heterocycles. The highest BCUT2D eigenvalue weighted by atomic mass is 19.4. The second-order valence-corrected chi connectivity index (χ2v) is 5.61. The number of carboxylic acids is 1. The molecule has 0 spiro atoms. The fourth-order valence-corrected chi connectivity index (χ4v) is 2.76. The molecule has 25 heavy (non-hydrogen) atoms. The molecule has 0 aliphatic carbocycles. The van der Waals surface area contributed by atoms with Crippen molar-refractivity contribution in [1.82, 2.24) is 4.98 Å². The maximum Gasteiger partial charge on any atom is 0.490 e. The molecule has 1 aromatic carbocycles. The third kappa shape index (κ3) is 4.43. The lowest BCUT2D eigenvalue weighted by molar-refractivity contribution is -0.192. The number of nitrogens with one attached hydrogen (secondary N) is 1. The number of fused-ring (bicyclic) bond motifs is 1. The molecule has 1 aliphatic heterocycles. The van der Waals surface area contributed by atoms with Crippen LogP contribution in [0.2, 0.25) is 0 Å². The molecular weight excluding hydrogens is 339 g/mol. The van der Waals surface area contributed by atoms with E-state index in [-0.39, 0.29) is 5.91 Å². The van der Waals surface area contributed by atoms with Gasteiger partial charge in [0.1, 0.15) is 0 Å². The van der Waals surface area contributed by atoms with Gasteiger partial charge in [-0.1, -0.05) is 0 Å². The van der Waals surface area contributed by atoms with Gasteiger partial charge in [-0.2, -0.15) is 13.2 Å². The molecule has 4 N–H and O–H groups in total. The number of alkyl halides is 3. The van der Waals surface area contributed by atoms with Gasteiger partial charge in [-0.15, -0.1) is 0 Å². The van der Waals surface area contributed by atoms with E-state index in [9.17, 15) is 18.0 Å². The number of carbonyl (C=O) groups excluding carboxylic acids is 1. The summed E-state index contributed by atoms with van der Waals surface area (Å²) in [7, 11) is 0. The zero-order chi connectivity index (χ0) is 18.6. The summed E-state index contributed by atoms with van der Waals surface area (Å²) in [4.78, 5) is 25.8. The number of primary amides is 1. The van der Waals surface area contributed by atoms with Gasteiger partial charge in [-0.3, -0.25) is 4.79 Å². The zero-order valence-corrected chi connectivity index (χ0v) is 13.3. The van der Waals surface area contributed by atoms with Gasteiger partial charge in [0.25, 0.3) is 5.91 Å². The molecule has 1 amide bonds. The number of nitrogens with zero attached hydrogens (tertiary/aromatic N) is 1. The van der Waals surface area contributed by atoms with Gasteiger partial charge in [0.15, 0.2) is 0 Å². The molecule has 1 saturated heterocycles. The molecule has 1 aromatic heterocycles. The average Bonchev–Trinajstić information content (AvgIpc) is 3.03. The number of piperidine rings is 1. The maximum absolute atomic E-state index is 11.4. The van der Waals surface area contributed by atoms with Crippen molar-refractivity contribution in [3.8, 4) is 0 Å². The number of nitrogens with two attached hydrogens (primary N) is 1. The molecule has 0 saturated carbocycles. The third-order valence-electron chi connectivity index (χ3n) is 3.90. The molecule has 0 radical (unpaired) electrons. The van der Waals surface area contributed by atoms with E-state index in [1.54, 1.807) is 0 Å². The summed E-state index contributed by atoms with van der Waals surface area (Å²) in [5.41, 5.74) is 8.02. The summed E-state index contributed by atoms with van der Waals surface area (Å²) in [6, 6.07) is 5.86. The number of benzene rings is 1. The van der Waals surface area contributed by atoms with Crippen LogP contribution in [0.4, 0.5) is 18.9 Å². The predicted molar refractivity (Wildman–Crippen MR) is 86.6 cm³/mol. The molecule has 0 bridgehead atoms. The summed E-state index contributed by atoms with van der Waals surface area (Å²) < 4.78 is 31.7. The van der Waals surface area contributed by atoms with E-state index in [1.165, 1.54) is 24.9 Å². The minimum Gasteiger partial charge on any atom is -0.475 e. The van der Waals surface area contributed by atoms with Crippen LogP contribution in [0.15, 0.2) is 24.4 Å². The first-order valence-electron chi connectivity index (χ1n) is 7.66. The van der Waals surface area contributed by atoms with Crippen molar-refractivity contribution in [2.24, 2.45) is 5.73 Å². The molecule has 136 valence electrons. The van der Waals surface area contributed by atoms with Gasteiger partial charge in [0, 0.05) is 30.4 Å². The Hall–Kier alpha value is -2.71. The highest BCUT2D eigenvalue weighted by Gasteiger charge is 2.38. The highest BCUT2D eigenvalue weighted by molar-refractivity contribution is 6.08. The van der Waals surface area contributed by atoms with Crippen molar-refractivity contribution in [2.75, 3.05) is 18.0 Å². The van der Waals surface area contributed by atoms with Crippen LogP contribution in [-0.2, 0) is 4.79 Å². The number of carboxylic acid groups (broad SMARTS) is 1. The minimum atomic E-state index is -5.08. The summed E-state index contributed by atoms with van der Waals surface area (Å²) in [6.07, 6.45) is 0.573. The Morgan fingerprint density at radius 3 is 2.24 bits per heavy atom. The number of amides is 1. The predicted octanol–water partition coefficient (Wildman–Crippen LogP) is 2.89. The lowest BCUT2D eigenvalue weighted by Gasteiger charge is -2.29. The molecule has 9 heteroatoms. The topological polar surface area (TPSA) is 99.4 Å². The standard InChI is InChI=1S/C14H17N3O.C2HF3O2/c15-14(18)11-4-5-12(10-6-7-16-13(10)11)17-8-2-1-3-9-17;3-2(4,5)1(6)7/h4-7,16H,1-3,8-9H2,(H2,15,18);(H,6,7). The normalized spacial score (nSPS) is 14.8. The fourth-order valence-electron chi connectivity index (χ4n) is 2.76. The van der Waals surface area contributed by atoms with Crippen molar-refractivity contribution >= 4 is 28.5 Å². The van der Waals surface area contributed by atoms with Gasteiger partial charge in [0.2, 0.25) is 0 Å². The second-order valence-electron chi connectivity index (χ2n) is 5.61. The Morgan fingerprint density at radius 2 is 1.72 bits per heavy atom. The van der Waals surface area contributed by atoms with E-state index in [0.717, 1.165) is 24.0 Å². The number of anilines is 1. The van der Waals surface area contributed by atoms with E-state index in [1.807, 2.05) is 24.4 Å². The van der Waals surface area contributed by atoms with E-state index >= 15 is 0 Å². The number of hydrogen-bond acceptors (Lipinski definition) is 3. The monoisotopic (exact) mass is 357 g/mol. The van der Waals surface area contributed by atoms with Gasteiger partial charge in [-0.05, 0) is 37.5 Å². The van der Waals surface area contributed by atoms with E-state index < -0.39 is 12.1 Å². The van der Waals surface area contributed by atoms with E-state index in [4.69, 9.17) is 15.6 Å². The van der Waals surface area contributed by atoms with Crippen LogP contribution in [0.1, 0.15) is 29.6 Å². The van der Waals surface area contributed by atoms with Crippen LogP contribution in [0.3, 0.4) is 0 Å². The second kappa shape index (κ2) is 7.45. The van der Waals surface area contributed by atoms with Gasteiger partial charge < -0.3 is 20.7 Å². The van der Waals surface area contributed by atoms with Crippen molar-refractivity contribution < 1.29 is 27.9 Å². The Labute approximate surface area is 141 Å². The summed E-state index contributed by atoms with van der Waals surface area (Å²) in [5.74, 6) is -3.14. The van der Waals surface area contributed by atoms with Gasteiger partial charge in [0.05, 0.1) is 11.1 Å². The van der Waals surface area contributed by atoms with Crippen molar-refractivity contribution in [1.29, 1.82) is 0 Å². The van der Waals surface area contributed by atoms with Crippen LogP contribution < -0.4 is 10.6 Å². The Balaban J connectivity index is 0.000000277. The molecule has 3 rings (SSSR count). The molecule has 1 aliphatic rings. The number of aliphatic carboxylic acids is 1. The van der Waals surface area contributed by atoms with Crippen molar-refractivity contribution in [3.05, 3.63) is 30.0 Å². The summed E-state index contributed by atoms with van der Waals surface area (Å²) in [6.45, 7) is 2.19. The minimum absolute atomic E-state index is 0.382. The average molecular weight is 357 g/mol. The van der Waals surface area contributed by atoms with Crippen molar-refractivity contribution in [2.45, 2.75) is 25.4 Å². The SMILES string of the molecule is NC(=O)c1ccc(N2CCCCC2)c2cc[nH]c12.O=C(O)C(F)(F)F. The number of rotatable bonds is 2. The molecular formula is C16H18F3N3O3. The summed E-state index contributed by atoms with van der Waals surface area (Å²) >= 11 is 0. The van der Waals surface area contributed by atoms with E-state index in [2.05, 4.69) is 9.88 Å². The molecule has 2 aromatic rings. The van der Waals surface area contributed by atoms with Crippen LogP contribution in [-0.4, -0.2) is 41.2 Å². The first-order valence-corrected chi connectivity index (χ1v) is 7.66. The molecule has 0 atom stereocenters. The Morgan fingerprint density at radius 1 is 1.12 bits per heavy atom. The van der Waals surface area contributed by atoms with Crippen LogP contribution in [0, 0.1) is 0 Å². The zero-order valence-electron chi connectivity index (χ0n) is 13.3. The van der Waals surface area contributed by atoms with Crippen LogP contribution >= 0.6 is 0 Å². The first-order chi connectivity index (χ1) is 11.7. The van der Waals surface area contributed by atoms with Crippen LogP contribution in [0.5, 0.6) is 0 Å². The number of halogens is 3. The maximum atomic E-state index is 11.4. The van der Waals surface area contributed by atoms with Gasteiger partial charge in [-0.25, -0.2) is 4.79 Å². The van der Waals surface area contributed by atoms with Gasteiger partial charge >= 0.3 is 12.1 Å². The Bertz CT molecular complexity index is 765. The number of carbonyl (C=O) groups is 2. The van der Waals surface area contributed by atoms with E-state index in [0.29, 0.717) is 5.56 Å². The van der Waals surface area contributed by atoms with Crippen molar-refractivity contribution in [3.63, 3.8) is 0 Å². The van der Waals surface area contributed by atoms with Crippen LogP contribution in [0.25, 0.3) is 10.9 Å². The molecule has 1 fully saturated rings. The smallest absolute Gasteiger partial charge is 0.475 e. The quantitative estimate of drug-likeness (QED) is 0.769. The number of aromatic amines is 1. The largest absolute Gasteiger partial charge is 0.490 e. The number of aromatic nitrogens is 1. The highest BCUT2D eigenvalue weighted by Crippen LogP contribution is 2.30. The number of H-pyrrole nitrogens is 1. The first kappa shape index (κ1) is 18.6. The molecule has 0 unspecified atom stereocenters. The third-order valence-corrected chi connectivity index (χ3v) is 3.90. The Kier molecular flexibility index (Phi) is 5.55. The fraction of sp³-hybridized carbons (Fsp3) is 0.375. The summed E-state index contributed by atoms with van der Waals surface area (Å²) in [5, 5.41) is 8.22. The lowest BCUT2D eigenvalue weighted by atomic mass is 10.1.